The molecule has 0 bridgehead atoms. The van der Waals surface area contributed by atoms with Crippen LogP contribution < -0.4 is 0 Å². The summed E-state index contributed by atoms with van der Waals surface area (Å²) >= 11 is 0. The Hall–Kier alpha value is -1.29. The fraction of sp³-hybridized carbons (Fsp3) is 0.417. The average molecular weight is 173 g/mol. The van der Waals surface area contributed by atoms with Crippen molar-refractivity contribution in [2.45, 2.75) is 26.7 Å². The monoisotopic (exact) mass is 173 g/mol. The molecule has 0 aliphatic rings. The minimum absolute atomic E-state index is 0.207. The molecular weight excluding hydrogens is 158 g/mol. The molecule has 1 heteroatoms. The van der Waals surface area contributed by atoms with Gasteiger partial charge in [0.15, 0.2) is 0 Å². The Bertz CT molecular complexity index is 297. The second-order valence-electron chi connectivity index (χ2n) is 3.69. The third-order valence-electron chi connectivity index (χ3n) is 2.49. The highest BCUT2D eigenvalue weighted by Gasteiger charge is 2.21. The van der Waals surface area contributed by atoms with Crippen LogP contribution >= 0.6 is 0 Å². The Labute approximate surface area is 80.0 Å². The van der Waals surface area contributed by atoms with Crippen molar-refractivity contribution in [2.75, 3.05) is 0 Å². The van der Waals surface area contributed by atoms with Crippen molar-refractivity contribution in [1.29, 1.82) is 5.26 Å². The van der Waals surface area contributed by atoms with Crippen molar-refractivity contribution in [3.8, 4) is 6.07 Å². The van der Waals surface area contributed by atoms with E-state index in [-0.39, 0.29) is 5.41 Å². The van der Waals surface area contributed by atoms with E-state index in [9.17, 15) is 0 Å². The first-order chi connectivity index (χ1) is 6.20. The van der Waals surface area contributed by atoms with Crippen molar-refractivity contribution in [2.24, 2.45) is 5.41 Å². The van der Waals surface area contributed by atoms with Crippen LogP contribution in [0.2, 0.25) is 0 Å². The Balaban J connectivity index is 2.75. The normalized spacial score (nSPS) is 14.5. The lowest BCUT2D eigenvalue weighted by molar-refractivity contribution is 0.423. The molecule has 0 saturated carbocycles. The van der Waals surface area contributed by atoms with Gasteiger partial charge in [-0.2, -0.15) is 5.26 Å². The quantitative estimate of drug-likeness (QED) is 0.688. The molecule has 0 N–H and O–H groups in total. The standard InChI is InChI=1S/C12H15N/c1-3-12(2,10-13)9-11-7-5-4-6-8-11/h4-8H,3,9H2,1-2H3. The first-order valence-electron chi connectivity index (χ1n) is 4.65. The van der Waals surface area contributed by atoms with E-state index in [2.05, 4.69) is 25.1 Å². The van der Waals surface area contributed by atoms with Crippen LogP contribution in [0.5, 0.6) is 0 Å². The van der Waals surface area contributed by atoms with Gasteiger partial charge in [-0.1, -0.05) is 37.3 Å². The number of nitriles is 1. The topological polar surface area (TPSA) is 23.8 Å². The third kappa shape index (κ3) is 2.59. The molecule has 0 saturated heterocycles. The lowest BCUT2D eigenvalue weighted by Gasteiger charge is -2.18. The van der Waals surface area contributed by atoms with Gasteiger partial charge < -0.3 is 0 Å². The number of hydrogen-bond donors (Lipinski definition) is 0. The molecule has 0 aromatic heterocycles. The van der Waals surface area contributed by atoms with Crippen molar-refractivity contribution < 1.29 is 0 Å². The van der Waals surface area contributed by atoms with E-state index < -0.39 is 0 Å². The van der Waals surface area contributed by atoms with Crippen LogP contribution in [-0.4, -0.2) is 0 Å². The van der Waals surface area contributed by atoms with Crippen LogP contribution in [0.15, 0.2) is 30.3 Å². The summed E-state index contributed by atoms with van der Waals surface area (Å²) in [6.45, 7) is 4.08. The Morgan fingerprint density at radius 3 is 2.38 bits per heavy atom. The van der Waals surface area contributed by atoms with Gasteiger partial charge in [0.25, 0.3) is 0 Å². The smallest absolute Gasteiger partial charge is 0.0690 e. The lowest BCUT2D eigenvalue weighted by Crippen LogP contribution is -2.15. The van der Waals surface area contributed by atoms with E-state index in [0.717, 1.165) is 12.8 Å². The first kappa shape index (κ1) is 9.80. The number of hydrogen-bond acceptors (Lipinski definition) is 1. The minimum atomic E-state index is -0.207. The van der Waals surface area contributed by atoms with E-state index in [0.29, 0.717) is 0 Å². The molecule has 1 aromatic carbocycles. The van der Waals surface area contributed by atoms with Gasteiger partial charge in [-0.25, -0.2) is 0 Å². The van der Waals surface area contributed by atoms with Crippen molar-refractivity contribution >= 4 is 0 Å². The van der Waals surface area contributed by atoms with Gasteiger partial charge in [0.1, 0.15) is 0 Å². The zero-order valence-corrected chi connectivity index (χ0v) is 8.25. The van der Waals surface area contributed by atoms with Gasteiger partial charge in [0.2, 0.25) is 0 Å². The van der Waals surface area contributed by atoms with E-state index >= 15 is 0 Å². The third-order valence-corrected chi connectivity index (χ3v) is 2.49. The molecule has 0 aliphatic carbocycles. The van der Waals surface area contributed by atoms with Gasteiger partial charge in [-0.15, -0.1) is 0 Å². The van der Waals surface area contributed by atoms with Crippen molar-refractivity contribution in [1.82, 2.24) is 0 Å². The summed E-state index contributed by atoms with van der Waals surface area (Å²) in [5, 5.41) is 9.00. The molecule has 13 heavy (non-hydrogen) atoms. The minimum Gasteiger partial charge on any atom is -0.198 e. The molecule has 1 aromatic rings. The van der Waals surface area contributed by atoms with Crippen LogP contribution in [0, 0.1) is 16.7 Å². The summed E-state index contributed by atoms with van der Waals surface area (Å²) in [6, 6.07) is 12.6. The van der Waals surface area contributed by atoms with Crippen LogP contribution in [-0.2, 0) is 6.42 Å². The number of rotatable bonds is 3. The van der Waals surface area contributed by atoms with Gasteiger partial charge in [0.05, 0.1) is 11.5 Å². The number of benzene rings is 1. The molecular formula is C12H15N. The molecule has 1 rings (SSSR count). The molecule has 0 aliphatic heterocycles. The Morgan fingerprint density at radius 2 is 1.92 bits per heavy atom. The predicted molar refractivity (Wildman–Crippen MR) is 54.2 cm³/mol. The van der Waals surface area contributed by atoms with Gasteiger partial charge in [-0.3, -0.25) is 0 Å². The highest BCUT2D eigenvalue weighted by atomic mass is 14.3. The maximum Gasteiger partial charge on any atom is 0.0690 e. The van der Waals surface area contributed by atoms with E-state index in [1.54, 1.807) is 0 Å². The van der Waals surface area contributed by atoms with Crippen molar-refractivity contribution in [3.63, 3.8) is 0 Å². The molecule has 0 amide bonds. The van der Waals surface area contributed by atoms with Crippen LogP contribution in [0.3, 0.4) is 0 Å². The molecule has 68 valence electrons. The highest BCUT2D eigenvalue weighted by Crippen LogP contribution is 2.24. The fourth-order valence-electron chi connectivity index (χ4n) is 1.29. The summed E-state index contributed by atoms with van der Waals surface area (Å²) in [6.07, 6.45) is 1.75. The van der Waals surface area contributed by atoms with E-state index in [1.807, 2.05) is 25.1 Å². The zero-order valence-electron chi connectivity index (χ0n) is 8.25. The van der Waals surface area contributed by atoms with Crippen molar-refractivity contribution in [3.05, 3.63) is 35.9 Å². The predicted octanol–water partition coefficient (Wildman–Crippen LogP) is 3.17. The van der Waals surface area contributed by atoms with E-state index in [1.165, 1.54) is 5.56 Å². The summed E-state index contributed by atoms with van der Waals surface area (Å²) in [5.74, 6) is 0. The lowest BCUT2D eigenvalue weighted by atomic mass is 9.83. The van der Waals surface area contributed by atoms with Crippen LogP contribution in [0.25, 0.3) is 0 Å². The van der Waals surface area contributed by atoms with Crippen LogP contribution in [0.4, 0.5) is 0 Å². The second kappa shape index (κ2) is 4.09. The van der Waals surface area contributed by atoms with Gasteiger partial charge in [0, 0.05) is 0 Å². The van der Waals surface area contributed by atoms with E-state index in [4.69, 9.17) is 5.26 Å². The molecule has 0 heterocycles. The molecule has 1 atom stereocenters. The molecule has 0 spiro atoms. The second-order valence-corrected chi connectivity index (χ2v) is 3.69. The maximum atomic E-state index is 9.00. The van der Waals surface area contributed by atoms with Crippen LogP contribution in [0.1, 0.15) is 25.8 Å². The average Bonchev–Trinajstić information content (AvgIpc) is 2.19. The number of nitrogens with zero attached hydrogens (tertiary/aromatic N) is 1. The zero-order chi connectivity index (χ0) is 9.73. The Kier molecular flexibility index (Phi) is 3.08. The molecule has 0 fully saturated rings. The SMILES string of the molecule is CCC(C)(C#N)Cc1ccccc1. The maximum absolute atomic E-state index is 9.00. The molecule has 1 unspecified atom stereocenters. The highest BCUT2D eigenvalue weighted by molar-refractivity contribution is 5.18. The van der Waals surface area contributed by atoms with Gasteiger partial charge >= 0.3 is 0 Å². The summed E-state index contributed by atoms with van der Waals surface area (Å²) in [4.78, 5) is 0. The largest absolute Gasteiger partial charge is 0.198 e. The summed E-state index contributed by atoms with van der Waals surface area (Å²) < 4.78 is 0. The summed E-state index contributed by atoms with van der Waals surface area (Å²) in [7, 11) is 0. The first-order valence-corrected chi connectivity index (χ1v) is 4.65. The molecule has 1 nitrogen and oxygen atoms in total. The fourth-order valence-corrected chi connectivity index (χ4v) is 1.29. The molecule has 0 radical (unpaired) electrons. The van der Waals surface area contributed by atoms with Gasteiger partial charge in [-0.05, 0) is 25.3 Å². The summed E-state index contributed by atoms with van der Waals surface area (Å²) in [5.41, 5.74) is 1.04. The Morgan fingerprint density at radius 1 is 1.31 bits per heavy atom.